The molecule has 1 aromatic rings. The van der Waals surface area contributed by atoms with Crippen molar-refractivity contribution in [2.45, 2.75) is 38.1 Å². The molecule has 3 nitrogen and oxygen atoms in total. The minimum absolute atomic E-state index is 0.153. The van der Waals surface area contributed by atoms with Crippen LogP contribution in [0.4, 0.5) is 0 Å². The van der Waals surface area contributed by atoms with Gasteiger partial charge in [0.2, 0.25) is 0 Å². The topological polar surface area (TPSA) is 38.3 Å². The molecule has 1 N–H and O–H groups in total. The van der Waals surface area contributed by atoms with Crippen LogP contribution in [0.5, 0.6) is 0 Å². The monoisotopic (exact) mass is 295 g/mol. The van der Waals surface area contributed by atoms with Crippen molar-refractivity contribution in [2.24, 2.45) is 5.92 Å². The summed E-state index contributed by atoms with van der Waals surface area (Å²) in [5.74, 6) is 1.17. The molecular weight excluding hydrogens is 270 g/mol. The molecule has 0 amide bonds. The third kappa shape index (κ3) is 6.96. The van der Waals surface area contributed by atoms with Crippen LogP contribution in [-0.4, -0.2) is 30.9 Å². The van der Waals surface area contributed by atoms with Gasteiger partial charge < -0.3 is 10.1 Å². The first kappa shape index (κ1) is 17.1. The number of thioether (sulfide) groups is 1. The largest absolute Gasteiger partial charge is 0.465 e. The molecule has 0 aliphatic heterocycles. The van der Waals surface area contributed by atoms with Crippen molar-refractivity contribution >= 4 is 17.7 Å². The minimum atomic E-state index is -0.237. The molecule has 0 radical (unpaired) electrons. The Morgan fingerprint density at radius 3 is 2.60 bits per heavy atom. The van der Waals surface area contributed by atoms with Crippen molar-refractivity contribution in [3.63, 3.8) is 0 Å². The van der Waals surface area contributed by atoms with E-state index >= 15 is 0 Å². The highest BCUT2D eigenvalue weighted by Gasteiger charge is 2.19. The van der Waals surface area contributed by atoms with Crippen molar-refractivity contribution in [1.29, 1.82) is 0 Å². The fraction of sp³-hybridized carbons (Fsp3) is 0.562. The second-order valence-electron chi connectivity index (χ2n) is 5.07. The fourth-order valence-electron chi connectivity index (χ4n) is 1.70. The van der Waals surface area contributed by atoms with E-state index in [1.54, 1.807) is 11.8 Å². The molecule has 0 heterocycles. The molecule has 4 heteroatoms. The van der Waals surface area contributed by atoms with Crippen molar-refractivity contribution < 1.29 is 9.53 Å². The first-order valence-corrected chi connectivity index (χ1v) is 8.20. The highest BCUT2D eigenvalue weighted by atomic mass is 32.2. The number of ether oxygens (including phenoxy) is 1. The summed E-state index contributed by atoms with van der Waals surface area (Å²) in [6.07, 6.45) is 1.06. The van der Waals surface area contributed by atoms with E-state index in [0.29, 0.717) is 18.3 Å². The number of nitrogens with one attached hydrogen (secondary N) is 1. The normalized spacial score (nSPS) is 12.4. The van der Waals surface area contributed by atoms with Crippen LogP contribution >= 0.6 is 11.8 Å². The van der Waals surface area contributed by atoms with Crippen LogP contribution in [0.15, 0.2) is 35.2 Å². The van der Waals surface area contributed by atoms with Crippen LogP contribution in [0, 0.1) is 5.92 Å². The second kappa shape index (κ2) is 9.83. The molecule has 0 spiro atoms. The molecule has 0 aromatic heterocycles. The molecule has 1 aromatic carbocycles. The van der Waals surface area contributed by atoms with Gasteiger partial charge in [-0.15, -0.1) is 11.8 Å². The lowest BCUT2D eigenvalue weighted by Crippen LogP contribution is -2.41. The second-order valence-corrected chi connectivity index (χ2v) is 6.16. The van der Waals surface area contributed by atoms with Crippen LogP contribution in [-0.2, 0) is 9.53 Å². The van der Waals surface area contributed by atoms with E-state index in [9.17, 15) is 4.79 Å². The Bertz CT molecular complexity index is 381. The van der Waals surface area contributed by atoms with E-state index in [1.807, 2.05) is 25.1 Å². The fourth-order valence-corrected chi connectivity index (χ4v) is 2.66. The van der Waals surface area contributed by atoms with Crippen LogP contribution in [0.3, 0.4) is 0 Å². The summed E-state index contributed by atoms with van der Waals surface area (Å²) < 4.78 is 5.14. The van der Waals surface area contributed by atoms with E-state index < -0.39 is 0 Å². The number of carbonyl (C=O) groups is 1. The quantitative estimate of drug-likeness (QED) is 0.560. The van der Waals surface area contributed by atoms with Gasteiger partial charge in [-0.25, -0.2) is 0 Å². The maximum atomic E-state index is 11.9. The van der Waals surface area contributed by atoms with Crippen LogP contribution in [0.1, 0.15) is 27.2 Å². The van der Waals surface area contributed by atoms with Gasteiger partial charge in [0.25, 0.3) is 0 Å². The Balaban J connectivity index is 2.46. The number of rotatable bonds is 9. The summed E-state index contributed by atoms with van der Waals surface area (Å²) in [6, 6.07) is 9.89. The minimum Gasteiger partial charge on any atom is -0.465 e. The van der Waals surface area contributed by atoms with Gasteiger partial charge in [-0.3, -0.25) is 4.79 Å². The van der Waals surface area contributed by atoms with Gasteiger partial charge in [-0.1, -0.05) is 32.0 Å². The predicted octanol–water partition coefficient (Wildman–Crippen LogP) is 3.35. The van der Waals surface area contributed by atoms with Gasteiger partial charge in [0.05, 0.1) is 6.61 Å². The third-order valence-electron chi connectivity index (χ3n) is 2.84. The maximum Gasteiger partial charge on any atom is 0.323 e. The number of esters is 1. The van der Waals surface area contributed by atoms with Gasteiger partial charge in [-0.05, 0) is 37.9 Å². The number of carbonyl (C=O) groups excluding carboxylic acids is 1. The summed E-state index contributed by atoms with van der Waals surface area (Å²) in [4.78, 5) is 13.1. The van der Waals surface area contributed by atoms with E-state index in [1.165, 1.54) is 4.90 Å². The Kier molecular flexibility index (Phi) is 8.38. The van der Waals surface area contributed by atoms with Gasteiger partial charge in [0.1, 0.15) is 6.04 Å². The summed E-state index contributed by atoms with van der Waals surface area (Å²) in [7, 11) is 0. The Hall–Kier alpha value is -1.00. The zero-order valence-electron chi connectivity index (χ0n) is 12.6. The van der Waals surface area contributed by atoms with Crippen molar-refractivity contribution in [1.82, 2.24) is 5.32 Å². The van der Waals surface area contributed by atoms with Crippen molar-refractivity contribution in [3.05, 3.63) is 30.3 Å². The molecule has 0 saturated heterocycles. The molecule has 20 heavy (non-hydrogen) atoms. The molecule has 0 fully saturated rings. The molecule has 0 unspecified atom stereocenters. The lowest BCUT2D eigenvalue weighted by Gasteiger charge is -2.17. The SMILES string of the molecule is CCOC(=O)[C@H](CSc1ccccc1)NCCC(C)C. The average Bonchev–Trinajstić information content (AvgIpc) is 2.43. The highest BCUT2D eigenvalue weighted by Crippen LogP contribution is 2.18. The smallest absolute Gasteiger partial charge is 0.323 e. The van der Waals surface area contributed by atoms with Gasteiger partial charge in [-0.2, -0.15) is 0 Å². The Morgan fingerprint density at radius 1 is 1.30 bits per heavy atom. The maximum absolute atomic E-state index is 11.9. The standard InChI is InChI=1S/C16H25NO2S/c1-4-19-16(18)15(17-11-10-13(2)3)12-20-14-8-6-5-7-9-14/h5-9,13,15,17H,4,10-12H2,1-3H3/t15-/m0/s1. The summed E-state index contributed by atoms with van der Waals surface area (Å²) in [5, 5.41) is 3.31. The van der Waals surface area contributed by atoms with Gasteiger partial charge in [0.15, 0.2) is 0 Å². The van der Waals surface area contributed by atoms with Gasteiger partial charge >= 0.3 is 5.97 Å². The average molecular weight is 295 g/mol. The molecule has 1 rings (SSSR count). The number of hydrogen-bond acceptors (Lipinski definition) is 4. The van der Waals surface area contributed by atoms with E-state index in [-0.39, 0.29) is 12.0 Å². The first-order chi connectivity index (χ1) is 9.63. The number of benzene rings is 1. The Morgan fingerprint density at radius 2 is 2.00 bits per heavy atom. The molecule has 0 bridgehead atoms. The molecule has 0 saturated carbocycles. The van der Waals surface area contributed by atoms with Gasteiger partial charge in [0, 0.05) is 10.6 Å². The van der Waals surface area contributed by atoms with E-state index in [4.69, 9.17) is 4.74 Å². The van der Waals surface area contributed by atoms with E-state index in [2.05, 4.69) is 31.3 Å². The molecule has 0 aliphatic rings. The predicted molar refractivity (Wildman–Crippen MR) is 85.0 cm³/mol. The van der Waals surface area contributed by atoms with E-state index in [0.717, 1.165) is 13.0 Å². The first-order valence-electron chi connectivity index (χ1n) is 7.21. The van der Waals surface area contributed by atoms with Crippen LogP contribution in [0.2, 0.25) is 0 Å². The molecule has 0 aliphatic carbocycles. The summed E-state index contributed by atoms with van der Waals surface area (Å²) in [6.45, 7) is 7.47. The lowest BCUT2D eigenvalue weighted by molar-refractivity contribution is -0.145. The summed E-state index contributed by atoms with van der Waals surface area (Å²) >= 11 is 1.68. The molecule has 1 atom stereocenters. The van der Waals surface area contributed by atoms with Crippen LogP contribution < -0.4 is 5.32 Å². The molecule has 112 valence electrons. The zero-order chi connectivity index (χ0) is 14.8. The lowest BCUT2D eigenvalue weighted by atomic mass is 10.1. The number of hydrogen-bond donors (Lipinski definition) is 1. The van der Waals surface area contributed by atoms with Crippen molar-refractivity contribution in [2.75, 3.05) is 18.9 Å². The highest BCUT2D eigenvalue weighted by molar-refractivity contribution is 7.99. The van der Waals surface area contributed by atoms with Crippen LogP contribution in [0.25, 0.3) is 0 Å². The Labute approximate surface area is 126 Å². The summed E-state index contributed by atoms with van der Waals surface area (Å²) in [5.41, 5.74) is 0. The van der Waals surface area contributed by atoms with Crippen molar-refractivity contribution in [3.8, 4) is 0 Å². The zero-order valence-corrected chi connectivity index (χ0v) is 13.4. The third-order valence-corrected chi connectivity index (χ3v) is 3.95. The molecular formula is C16H25NO2S.